The van der Waals surface area contributed by atoms with E-state index in [-0.39, 0.29) is 11.0 Å². The molecule has 0 bridgehead atoms. The molecule has 0 saturated carbocycles. The summed E-state index contributed by atoms with van der Waals surface area (Å²) in [5, 5.41) is 4.50. The normalized spacial score (nSPS) is 21.4. The van der Waals surface area contributed by atoms with Gasteiger partial charge in [-0.25, -0.2) is 0 Å². The number of ether oxygens (including phenoxy) is 2. The molecule has 1 aliphatic heterocycles. The van der Waals surface area contributed by atoms with Crippen LogP contribution in [-0.4, -0.2) is 25.9 Å². The van der Waals surface area contributed by atoms with Crippen molar-refractivity contribution in [2.24, 2.45) is 5.41 Å². The number of methoxy groups -OCH3 is 1. The Kier molecular flexibility index (Phi) is 7.03. The van der Waals surface area contributed by atoms with Crippen molar-refractivity contribution < 1.29 is 9.47 Å². The second-order valence-electron chi connectivity index (χ2n) is 8.58. The van der Waals surface area contributed by atoms with Gasteiger partial charge in [0.2, 0.25) is 0 Å². The highest BCUT2D eigenvalue weighted by molar-refractivity contribution is 6.31. The summed E-state index contributed by atoms with van der Waals surface area (Å²) >= 11 is 6.49. The van der Waals surface area contributed by atoms with Gasteiger partial charge in [-0.3, -0.25) is 0 Å². The van der Waals surface area contributed by atoms with E-state index in [0.29, 0.717) is 0 Å². The summed E-state index contributed by atoms with van der Waals surface area (Å²) in [5.41, 5.74) is 2.64. The number of rotatable bonds is 8. The van der Waals surface area contributed by atoms with Crippen LogP contribution in [0.1, 0.15) is 44.2 Å². The van der Waals surface area contributed by atoms with Crippen molar-refractivity contribution in [3.8, 4) is 5.75 Å². The average molecular weight is 402 g/mol. The Morgan fingerprint density at radius 3 is 2.54 bits per heavy atom. The van der Waals surface area contributed by atoms with Gasteiger partial charge in [0.15, 0.2) is 0 Å². The van der Waals surface area contributed by atoms with E-state index >= 15 is 0 Å². The van der Waals surface area contributed by atoms with Gasteiger partial charge in [0.05, 0.1) is 12.7 Å². The molecule has 2 aromatic rings. The van der Waals surface area contributed by atoms with E-state index in [2.05, 4.69) is 43.4 Å². The van der Waals surface area contributed by atoms with Gasteiger partial charge in [-0.15, -0.1) is 0 Å². The Hall–Kier alpha value is -1.55. The molecule has 1 atom stereocenters. The second kappa shape index (κ2) is 9.30. The van der Waals surface area contributed by atoms with Crippen molar-refractivity contribution in [1.82, 2.24) is 5.32 Å². The number of nitrogens with one attached hydrogen (secondary N) is 1. The second-order valence-corrected chi connectivity index (χ2v) is 8.99. The molecule has 28 heavy (non-hydrogen) atoms. The van der Waals surface area contributed by atoms with E-state index in [1.54, 1.807) is 7.11 Å². The fourth-order valence-corrected chi connectivity index (χ4v) is 4.62. The molecule has 0 spiro atoms. The van der Waals surface area contributed by atoms with Gasteiger partial charge in [-0.2, -0.15) is 0 Å². The monoisotopic (exact) mass is 401 g/mol. The lowest BCUT2D eigenvalue weighted by Crippen LogP contribution is -2.43. The van der Waals surface area contributed by atoms with Crippen LogP contribution in [-0.2, 0) is 17.7 Å². The molecule has 1 N–H and O–H groups in total. The first-order valence-electron chi connectivity index (χ1n) is 10.1. The lowest BCUT2D eigenvalue weighted by Gasteiger charge is -2.45. The molecular weight excluding hydrogens is 370 g/mol. The zero-order chi connectivity index (χ0) is 20.0. The topological polar surface area (TPSA) is 30.5 Å². The van der Waals surface area contributed by atoms with Crippen LogP contribution in [0.25, 0.3) is 0 Å². The molecule has 1 unspecified atom stereocenters. The van der Waals surface area contributed by atoms with Gasteiger partial charge in [0.1, 0.15) is 5.75 Å². The maximum absolute atomic E-state index is 6.49. The van der Waals surface area contributed by atoms with Crippen LogP contribution in [0, 0.1) is 5.41 Å². The SMILES string of the molecule is COc1ccc(CNCCC2(Cc3ccccc3Cl)CCOC(C)(C)C2)cc1. The minimum absolute atomic E-state index is 0.0878. The highest BCUT2D eigenvalue weighted by atomic mass is 35.5. The van der Waals surface area contributed by atoms with E-state index in [1.807, 2.05) is 24.3 Å². The van der Waals surface area contributed by atoms with Crippen LogP contribution < -0.4 is 10.1 Å². The van der Waals surface area contributed by atoms with Gasteiger partial charge in [-0.05, 0) is 80.8 Å². The lowest BCUT2D eigenvalue weighted by atomic mass is 9.68. The predicted molar refractivity (Wildman–Crippen MR) is 116 cm³/mol. The van der Waals surface area contributed by atoms with E-state index in [9.17, 15) is 0 Å². The number of benzene rings is 2. The van der Waals surface area contributed by atoms with Gasteiger partial charge in [0.25, 0.3) is 0 Å². The third kappa shape index (κ3) is 5.73. The molecule has 3 nitrogen and oxygen atoms in total. The molecule has 1 fully saturated rings. The Bertz CT molecular complexity index is 759. The first kappa shape index (κ1) is 21.2. The number of hydrogen-bond acceptors (Lipinski definition) is 3. The molecule has 0 amide bonds. The Morgan fingerprint density at radius 1 is 1.11 bits per heavy atom. The summed E-state index contributed by atoms with van der Waals surface area (Å²) in [6, 6.07) is 16.5. The largest absolute Gasteiger partial charge is 0.497 e. The summed E-state index contributed by atoms with van der Waals surface area (Å²) < 4.78 is 11.3. The highest BCUT2D eigenvalue weighted by Gasteiger charge is 2.40. The van der Waals surface area contributed by atoms with Crippen molar-refractivity contribution in [2.45, 2.75) is 51.7 Å². The quantitative estimate of drug-likeness (QED) is 0.580. The Morgan fingerprint density at radius 2 is 1.86 bits per heavy atom. The number of halogens is 1. The Labute approximate surface area is 174 Å². The third-order valence-electron chi connectivity index (χ3n) is 5.77. The summed E-state index contributed by atoms with van der Waals surface area (Å²) in [5.74, 6) is 0.895. The summed E-state index contributed by atoms with van der Waals surface area (Å²) in [4.78, 5) is 0. The van der Waals surface area contributed by atoms with Gasteiger partial charge in [0, 0.05) is 18.2 Å². The maximum Gasteiger partial charge on any atom is 0.118 e. The average Bonchev–Trinajstić information content (AvgIpc) is 2.67. The minimum Gasteiger partial charge on any atom is -0.497 e. The number of hydrogen-bond donors (Lipinski definition) is 1. The van der Waals surface area contributed by atoms with Crippen molar-refractivity contribution in [1.29, 1.82) is 0 Å². The first-order chi connectivity index (χ1) is 13.4. The maximum atomic E-state index is 6.49. The standard InChI is InChI=1S/C24H32ClNO2/c1-23(2)18-24(13-15-28-23,16-20-6-4-5-7-22(20)25)12-14-26-17-19-8-10-21(27-3)11-9-19/h4-11,26H,12-18H2,1-3H3. The molecule has 4 heteroatoms. The van der Waals surface area contributed by atoms with E-state index < -0.39 is 0 Å². The first-order valence-corrected chi connectivity index (χ1v) is 10.5. The zero-order valence-electron chi connectivity index (χ0n) is 17.3. The third-order valence-corrected chi connectivity index (χ3v) is 6.14. The molecule has 152 valence electrons. The fourth-order valence-electron chi connectivity index (χ4n) is 4.41. The molecule has 3 rings (SSSR count). The van der Waals surface area contributed by atoms with Crippen LogP contribution >= 0.6 is 11.6 Å². The molecule has 0 aliphatic carbocycles. The van der Waals surface area contributed by atoms with E-state index in [0.717, 1.165) is 56.2 Å². The Balaban J connectivity index is 1.63. The van der Waals surface area contributed by atoms with Gasteiger partial charge in [-0.1, -0.05) is 41.9 Å². The van der Waals surface area contributed by atoms with Crippen LogP contribution in [0.3, 0.4) is 0 Å². The molecule has 1 aliphatic rings. The summed E-state index contributed by atoms with van der Waals surface area (Å²) in [7, 11) is 1.70. The molecule has 1 heterocycles. The van der Waals surface area contributed by atoms with Crippen molar-refractivity contribution in [3.05, 3.63) is 64.7 Å². The lowest BCUT2D eigenvalue weighted by molar-refractivity contribution is -0.107. The fraction of sp³-hybridized carbons (Fsp3) is 0.500. The van der Waals surface area contributed by atoms with Crippen molar-refractivity contribution in [2.75, 3.05) is 20.3 Å². The molecule has 2 aromatic carbocycles. The van der Waals surface area contributed by atoms with Crippen molar-refractivity contribution >= 4 is 11.6 Å². The molecule has 0 aromatic heterocycles. The summed E-state index contributed by atoms with van der Waals surface area (Å²) in [6.07, 6.45) is 4.24. The molecule has 0 radical (unpaired) electrons. The van der Waals surface area contributed by atoms with Crippen molar-refractivity contribution in [3.63, 3.8) is 0 Å². The molecule has 1 saturated heterocycles. The van der Waals surface area contributed by atoms with Crippen LogP contribution in [0.2, 0.25) is 5.02 Å². The minimum atomic E-state index is -0.0878. The van der Waals surface area contributed by atoms with E-state index in [1.165, 1.54) is 11.1 Å². The van der Waals surface area contributed by atoms with Crippen LogP contribution in [0.15, 0.2) is 48.5 Å². The smallest absolute Gasteiger partial charge is 0.118 e. The van der Waals surface area contributed by atoms with Gasteiger partial charge >= 0.3 is 0 Å². The van der Waals surface area contributed by atoms with Crippen LogP contribution in [0.4, 0.5) is 0 Å². The highest BCUT2D eigenvalue weighted by Crippen LogP contribution is 2.44. The zero-order valence-corrected chi connectivity index (χ0v) is 18.0. The van der Waals surface area contributed by atoms with Crippen LogP contribution in [0.5, 0.6) is 5.75 Å². The van der Waals surface area contributed by atoms with E-state index in [4.69, 9.17) is 21.1 Å². The molecular formula is C24H32ClNO2. The summed E-state index contributed by atoms with van der Waals surface area (Å²) in [6.45, 7) is 7.07. The van der Waals surface area contributed by atoms with Gasteiger partial charge < -0.3 is 14.8 Å². The predicted octanol–water partition coefficient (Wildman–Crippen LogP) is 5.65.